The van der Waals surface area contributed by atoms with Gasteiger partial charge >= 0.3 is 0 Å². The lowest BCUT2D eigenvalue weighted by molar-refractivity contribution is -0.123. The molecule has 0 spiro atoms. The van der Waals surface area contributed by atoms with Crippen molar-refractivity contribution in [2.75, 3.05) is 20.3 Å². The predicted octanol–water partition coefficient (Wildman–Crippen LogP) is 1.69. The topological polar surface area (TPSA) is 73.6 Å². The molecule has 1 amide bonds. The summed E-state index contributed by atoms with van der Waals surface area (Å²) in [7, 11) is 1.56. The molecule has 1 aromatic rings. The van der Waals surface area contributed by atoms with Gasteiger partial charge in [0.2, 0.25) is 0 Å². The van der Waals surface area contributed by atoms with Gasteiger partial charge in [-0.05, 0) is 18.4 Å². The van der Waals surface area contributed by atoms with Gasteiger partial charge in [0.25, 0.3) is 5.91 Å². The zero-order valence-electron chi connectivity index (χ0n) is 12.4. The van der Waals surface area contributed by atoms with Gasteiger partial charge < -0.3 is 20.5 Å². The van der Waals surface area contributed by atoms with Crippen LogP contribution in [-0.2, 0) is 11.3 Å². The standard InChI is InChI=1S/C15H24N2O3/c1-11(2)7-8-17-14(18)10-20-15-12(9-16)5-4-6-13(15)19-3/h4-6,11H,7-10,16H2,1-3H3,(H,17,18). The maximum Gasteiger partial charge on any atom is 0.257 e. The van der Waals surface area contributed by atoms with Crippen molar-refractivity contribution < 1.29 is 14.3 Å². The minimum Gasteiger partial charge on any atom is -0.493 e. The number of nitrogens with two attached hydrogens (primary N) is 1. The van der Waals surface area contributed by atoms with Crippen LogP contribution >= 0.6 is 0 Å². The lowest BCUT2D eigenvalue weighted by Crippen LogP contribution is -2.30. The fourth-order valence-electron chi connectivity index (χ4n) is 1.74. The first-order valence-corrected chi connectivity index (χ1v) is 6.84. The summed E-state index contributed by atoms with van der Waals surface area (Å²) in [5.41, 5.74) is 6.48. The van der Waals surface area contributed by atoms with Gasteiger partial charge in [0, 0.05) is 18.7 Å². The number of carbonyl (C=O) groups is 1. The Bertz CT molecular complexity index is 411. The summed E-state index contributed by atoms with van der Waals surface area (Å²) in [4.78, 5) is 11.7. The van der Waals surface area contributed by atoms with Crippen LogP contribution in [0.2, 0.25) is 0 Å². The fourth-order valence-corrected chi connectivity index (χ4v) is 1.74. The third-order valence-electron chi connectivity index (χ3n) is 2.89. The van der Waals surface area contributed by atoms with Crippen molar-refractivity contribution in [3.8, 4) is 11.5 Å². The second-order valence-electron chi connectivity index (χ2n) is 4.97. The Kier molecular flexibility index (Phi) is 6.87. The number of carbonyl (C=O) groups excluding carboxylic acids is 1. The number of para-hydroxylation sites is 1. The van der Waals surface area contributed by atoms with Crippen molar-refractivity contribution in [3.63, 3.8) is 0 Å². The van der Waals surface area contributed by atoms with Crippen LogP contribution in [-0.4, -0.2) is 26.2 Å². The summed E-state index contributed by atoms with van der Waals surface area (Å²) >= 11 is 0. The van der Waals surface area contributed by atoms with Crippen LogP contribution in [0.5, 0.6) is 11.5 Å². The van der Waals surface area contributed by atoms with Gasteiger partial charge in [-0.25, -0.2) is 0 Å². The van der Waals surface area contributed by atoms with Gasteiger partial charge in [-0.1, -0.05) is 26.0 Å². The number of nitrogens with one attached hydrogen (secondary N) is 1. The van der Waals surface area contributed by atoms with E-state index in [0.29, 0.717) is 30.5 Å². The Morgan fingerprint density at radius 2 is 2.15 bits per heavy atom. The number of ether oxygens (including phenoxy) is 2. The number of amides is 1. The third kappa shape index (κ3) is 5.09. The SMILES string of the molecule is COc1cccc(CN)c1OCC(=O)NCCC(C)C. The zero-order chi connectivity index (χ0) is 15.0. The summed E-state index contributed by atoms with van der Waals surface area (Å²) < 4.78 is 10.8. The highest BCUT2D eigenvalue weighted by Gasteiger charge is 2.11. The van der Waals surface area contributed by atoms with Crippen molar-refractivity contribution >= 4 is 5.91 Å². The molecule has 0 saturated carbocycles. The van der Waals surface area contributed by atoms with E-state index in [0.717, 1.165) is 12.0 Å². The highest BCUT2D eigenvalue weighted by atomic mass is 16.5. The molecule has 20 heavy (non-hydrogen) atoms. The highest BCUT2D eigenvalue weighted by Crippen LogP contribution is 2.30. The number of rotatable bonds is 8. The molecule has 112 valence electrons. The first-order chi connectivity index (χ1) is 9.58. The Balaban J connectivity index is 2.54. The maximum absolute atomic E-state index is 11.7. The van der Waals surface area contributed by atoms with E-state index in [1.807, 2.05) is 12.1 Å². The molecule has 0 aliphatic rings. The molecule has 0 bridgehead atoms. The highest BCUT2D eigenvalue weighted by molar-refractivity contribution is 5.77. The second-order valence-corrected chi connectivity index (χ2v) is 4.97. The van der Waals surface area contributed by atoms with Crippen LogP contribution in [0.1, 0.15) is 25.8 Å². The molecule has 0 saturated heterocycles. The Morgan fingerprint density at radius 3 is 2.75 bits per heavy atom. The molecule has 0 aromatic heterocycles. The van der Waals surface area contributed by atoms with Gasteiger partial charge in [-0.3, -0.25) is 4.79 Å². The van der Waals surface area contributed by atoms with E-state index in [2.05, 4.69) is 19.2 Å². The summed E-state index contributed by atoms with van der Waals surface area (Å²) in [5.74, 6) is 1.55. The molecule has 0 unspecified atom stereocenters. The molecular formula is C15H24N2O3. The molecule has 1 aromatic carbocycles. The quantitative estimate of drug-likeness (QED) is 0.760. The van der Waals surface area contributed by atoms with Crippen LogP contribution < -0.4 is 20.5 Å². The van der Waals surface area contributed by atoms with E-state index in [-0.39, 0.29) is 12.5 Å². The van der Waals surface area contributed by atoms with E-state index in [1.54, 1.807) is 13.2 Å². The van der Waals surface area contributed by atoms with Gasteiger partial charge in [0.1, 0.15) is 0 Å². The first-order valence-electron chi connectivity index (χ1n) is 6.84. The zero-order valence-corrected chi connectivity index (χ0v) is 12.4. The molecular weight excluding hydrogens is 256 g/mol. The Morgan fingerprint density at radius 1 is 1.40 bits per heavy atom. The lowest BCUT2D eigenvalue weighted by atomic mass is 10.1. The number of benzene rings is 1. The number of hydrogen-bond acceptors (Lipinski definition) is 4. The van der Waals surface area contributed by atoms with Crippen LogP contribution in [0.15, 0.2) is 18.2 Å². The molecule has 0 heterocycles. The second kappa shape index (κ2) is 8.43. The average molecular weight is 280 g/mol. The van der Waals surface area contributed by atoms with Crippen LogP contribution in [0.3, 0.4) is 0 Å². The maximum atomic E-state index is 11.7. The average Bonchev–Trinajstić information content (AvgIpc) is 2.44. The molecule has 1 rings (SSSR count). The minimum absolute atomic E-state index is 0.0362. The minimum atomic E-state index is -0.139. The normalized spacial score (nSPS) is 10.4. The molecule has 5 nitrogen and oxygen atoms in total. The Labute approximate surface area is 120 Å². The van der Waals surface area contributed by atoms with Crippen molar-refractivity contribution in [1.82, 2.24) is 5.32 Å². The van der Waals surface area contributed by atoms with Crippen LogP contribution in [0.4, 0.5) is 0 Å². The van der Waals surface area contributed by atoms with Gasteiger partial charge in [-0.2, -0.15) is 0 Å². The molecule has 0 aliphatic carbocycles. The lowest BCUT2D eigenvalue weighted by Gasteiger charge is -2.14. The number of methoxy groups -OCH3 is 1. The summed E-state index contributed by atoms with van der Waals surface area (Å²) in [5, 5.41) is 2.82. The van der Waals surface area contributed by atoms with Gasteiger partial charge in [0.05, 0.1) is 7.11 Å². The van der Waals surface area contributed by atoms with Crippen LogP contribution in [0, 0.1) is 5.92 Å². The molecule has 0 atom stereocenters. The molecule has 3 N–H and O–H groups in total. The predicted molar refractivity (Wildman–Crippen MR) is 78.8 cm³/mol. The van der Waals surface area contributed by atoms with Crippen LogP contribution in [0.25, 0.3) is 0 Å². The van der Waals surface area contributed by atoms with E-state index < -0.39 is 0 Å². The van der Waals surface area contributed by atoms with Crippen molar-refractivity contribution in [2.45, 2.75) is 26.8 Å². The van der Waals surface area contributed by atoms with Crippen molar-refractivity contribution in [3.05, 3.63) is 23.8 Å². The smallest absolute Gasteiger partial charge is 0.257 e. The van der Waals surface area contributed by atoms with Crippen molar-refractivity contribution in [1.29, 1.82) is 0 Å². The van der Waals surface area contributed by atoms with E-state index in [9.17, 15) is 4.79 Å². The Hall–Kier alpha value is -1.75. The van der Waals surface area contributed by atoms with E-state index in [4.69, 9.17) is 15.2 Å². The third-order valence-corrected chi connectivity index (χ3v) is 2.89. The summed E-state index contributed by atoms with van der Waals surface area (Å²) in [6.45, 7) is 5.19. The number of hydrogen-bond donors (Lipinski definition) is 2. The summed E-state index contributed by atoms with van der Waals surface area (Å²) in [6.07, 6.45) is 0.953. The largest absolute Gasteiger partial charge is 0.493 e. The molecule has 0 fully saturated rings. The van der Waals surface area contributed by atoms with E-state index >= 15 is 0 Å². The van der Waals surface area contributed by atoms with Gasteiger partial charge in [0.15, 0.2) is 18.1 Å². The monoisotopic (exact) mass is 280 g/mol. The first kappa shape index (κ1) is 16.3. The summed E-state index contributed by atoms with van der Waals surface area (Å²) in [6, 6.07) is 5.48. The van der Waals surface area contributed by atoms with E-state index in [1.165, 1.54) is 0 Å². The van der Waals surface area contributed by atoms with Crippen molar-refractivity contribution in [2.24, 2.45) is 11.7 Å². The van der Waals surface area contributed by atoms with Gasteiger partial charge in [-0.15, -0.1) is 0 Å². The molecule has 0 aliphatic heterocycles. The molecule has 5 heteroatoms. The fraction of sp³-hybridized carbons (Fsp3) is 0.533. The molecule has 0 radical (unpaired) electrons.